The maximum atomic E-state index is 13.6. The highest BCUT2D eigenvalue weighted by Crippen LogP contribution is 2.32. The normalized spacial score (nSPS) is 14.7. The van der Waals surface area contributed by atoms with Crippen molar-refractivity contribution in [3.8, 4) is 0 Å². The van der Waals surface area contributed by atoms with E-state index in [2.05, 4.69) is 6.07 Å². The summed E-state index contributed by atoms with van der Waals surface area (Å²) in [6, 6.07) is 17.1. The van der Waals surface area contributed by atoms with E-state index in [0.717, 1.165) is 28.5 Å². The number of halogens is 3. The Kier molecular flexibility index (Phi) is 5.83. The molecule has 4 aromatic rings. The molecule has 182 valence electrons. The summed E-state index contributed by atoms with van der Waals surface area (Å²) < 4.78 is 47.2. The van der Waals surface area contributed by atoms with Gasteiger partial charge in [-0.15, -0.1) is 0 Å². The van der Waals surface area contributed by atoms with Gasteiger partial charge in [0.1, 0.15) is 11.5 Å². The molecule has 0 radical (unpaired) electrons. The number of alkyl halides is 3. The third kappa shape index (κ3) is 4.52. The second kappa shape index (κ2) is 8.83. The van der Waals surface area contributed by atoms with Crippen molar-refractivity contribution in [2.45, 2.75) is 26.6 Å². The molecule has 1 saturated heterocycles. The minimum absolute atomic E-state index is 0.105. The molecule has 0 bridgehead atoms. The number of fused-ring (bicyclic) bond motifs is 1. The number of carbonyl (C=O) groups excluding carboxylic acids is 1. The van der Waals surface area contributed by atoms with Crippen molar-refractivity contribution in [2.75, 3.05) is 31.1 Å². The SMILES string of the molecule is Cc1cc2c(cc(C(=O)N3CCN(c4cccc(C(F)(F)F)c4)CC3)n2Cc2ccccc2C)o1. The van der Waals surface area contributed by atoms with Crippen LogP contribution in [0, 0.1) is 13.8 Å². The molecule has 0 aliphatic carbocycles. The fraction of sp³-hybridized carbons (Fsp3) is 0.296. The maximum absolute atomic E-state index is 13.6. The Morgan fingerprint density at radius 3 is 2.40 bits per heavy atom. The van der Waals surface area contributed by atoms with Gasteiger partial charge in [0.15, 0.2) is 5.58 Å². The Hall–Kier alpha value is -3.68. The maximum Gasteiger partial charge on any atom is 0.416 e. The fourth-order valence-corrected chi connectivity index (χ4v) is 4.68. The number of anilines is 1. The standard InChI is InChI=1S/C27H26F3N3O2/c1-18-6-3-4-7-20(18)17-33-23-14-19(2)35-25(23)16-24(33)26(34)32-12-10-31(11-13-32)22-9-5-8-21(15-22)27(28,29)30/h3-9,14-16H,10-13,17H2,1-2H3. The first-order chi connectivity index (χ1) is 16.7. The second-order valence-corrected chi connectivity index (χ2v) is 8.98. The van der Waals surface area contributed by atoms with Gasteiger partial charge in [0.2, 0.25) is 0 Å². The monoisotopic (exact) mass is 481 g/mol. The molecule has 5 rings (SSSR count). The summed E-state index contributed by atoms with van der Waals surface area (Å²) in [6.45, 7) is 6.23. The van der Waals surface area contributed by atoms with E-state index < -0.39 is 11.7 Å². The van der Waals surface area contributed by atoms with Crippen molar-refractivity contribution in [3.63, 3.8) is 0 Å². The minimum atomic E-state index is -4.38. The number of aryl methyl sites for hydroxylation is 2. The molecule has 35 heavy (non-hydrogen) atoms. The average molecular weight is 482 g/mol. The van der Waals surface area contributed by atoms with Crippen LogP contribution in [-0.2, 0) is 12.7 Å². The largest absolute Gasteiger partial charge is 0.460 e. The second-order valence-electron chi connectivity index (χ2n) is 8.98. The van der Waals surface area contributed by atoms with E-state index in [-0.39, 0.29) is 5.91 Å². The third-order valence-corrected chi connectivity index (χ3v) is 6.63. The van der Waals surface area contributed by atoms with Crippen LogP contribution in [0.4, 0.5) is 18.9 Å². The molecule has 0 N–H and O–H groups in total. The van der Waals surface area contributed by atoms with Crippen LogP contribution in [-0.4, -0.2) is 41.6 Å². The molecule has 1 aliphatic rings. The number of rotatable bonds is 4. The molecule has 2 aromatic heterocycles. The molecule has 0 spiro atoms. The minimum Gasteiger partial charge on any atom is -0.460 e. The third-order valence-electron chi connectivity index (χ3n) is 6.63. The van der Waals surface area contributed by atoms with E-state index in [9.17, 15) is 18.0 Å². The van der Waals surface area contributed by atoms with Gasteiger partial charge in [-0.1, -0.05) is 30.3 Å². The number of aromatic nitrogens is 1. The van der Waals surface area contributed by atoms with Crippen molar-refractivity contribution in [3.05, 3.63) is 88.8 Å². The number of piperazine rings is 1. The number of furan rings is 1. The van der Waals surface area contributed by atoms with Crippen LogP contribution >= 0.6 is 0 Å². The molecule has 8 heteroatoms. The zero-order chi connectivity index (χ0) is 24.7. The van der Waals surface area contributed by atoms with E-state index >= 15 is 0 Å². The van der Waals surface area contributed by atoms with Crippen LogP contribution in [0.2, 0.25) is 0 Å². The molecule has 2 aromatic carbocycles. The molecule has 1 aliphatic heterocycles. The van der Waals surface area contributed by atoms with E-state index in [4.69, 9.17) is 4.42 Å². The highest BCUT2D eigenvalue weighted by Gasteiger charge is 2.32. The number of nitrogens with zero attached hydrogens (tertiary/aromatic N) is 3. The quantitative estimate of drug-likeness (QED) is 0.366. The summed E-state index contributed by atoms with van der Waals surface area (Å²) in [5, 5.41) is 0. The average Bonchev–Trinajstić information content (AvgIpc) is 3.36. The molecule has 3 heterocycles. The van der Waals surface area contributed by atoms with Crippen molar-refractivity contribution in [1.82, 2.24) is 9.47 Å². The molecule has 1 fully saturated rings. The van der Waals surface area contributed by atoms with Gasteiger partial charge in [-0.3, -0.25) is 4.79 Å². The summed E-state index contributed by atoms with van der Waals surface area (Å²) in [7, 11) is 0. The lowest BCUT2D eigenvalue weighted by Gasteiger charge is -2.36. The Labute approximate surface area is 201 Å². The lowest BCUT2D eigenvalue weighted by molar-refractivity contribution is -0.137. The summed E-state index contributed by atoms with van der Waals surface area (Å²) in [4.78, 5) is 17.2. The molecular weight excluding hydrogens is 455 g/mol. The van der Waals surface area contributed by atoms with Crippen LogP contribution < -0.4 is 4.90 Å². The zero-order valence-corrected chi connectivity index (χ0v) is 19.6. The van der Waals surface area contributed by atoms with Gasteiger partial charge in [0, 0.05) is 50.5 Å². The van der Waals surface area contributed by atoms with Crippen molar-refractivity contribution in [1.29, 1.82) is 0 Å². The highest BCUT2D eigenvalue weighted by atomic mass is 19.4. The van der Waals surface area contributed by atoms with Gasteiger partial charge in [-0.25, -0.2) is 0 Å². The zero-order valence-electron chi connectivity index (χ0n) is 19.6. The highest BCUT2D eigenvalue weighted by molar-refractivity contribution is 5.98. The Morgan fingerprint density at radius 1 is 0.943 bits per heavy atom. The fourth-order valence-electron chi connectivity index (χ4n) is 4.68. The topological polar surface area (TPSA) is 41.6 Å². The van der Waals surface area contributed by atoms with Gasteiger partial charge in [-0.2, -0.15) is 13.2 Å². The Balaban J connectivity index is 1.37. The van der Waals surface area contributed by atoms with Crippen LogP contribution in [0.5, 0.6) is 0 Å². The number of hydrogen-bond acceptors (Lipinski definition) is 3. The molecule has 1 amide bonds. The van der Waals surface area contributed by atoms with Crippen molar-refractivity contribution >= 4 is 22.7 Å². The number of hydrogen-bond donors (Lipinski definition) is 0. The van der Waals surface area contributed by atoms with Crippen LogP contribution in [0.15, 0.2) is 65.1 Å². The van der Waals surface area contributed by atoms with E-state index in [1.54, 1.807) is 17.0 Å². The van der Waals surface area contributed by atoms with Gasteiger partial charge in [0.05, 0.1) is 11.1 Å². The lowest BCUT2D eigenvalue weighted by Crippen LogP contribution is -2.49. The first kappa shape index (κ1) is 23.1. The summed E-state index contributed by atoms with van der Waals surface area (Å²) in [5.41, 5.74) is 4.20. The first-order valence-electron chi connectivity index (χ1n) is 11.6. The number of benzene rings is 2. The van der Waals surface area contributed by atoms with Crippen LogP contribution in [0.25, 0.3) is 11.1 Å². The van der Waals surface area contributed by atoms with E-state index in [1.807, 2.05) is 47.6 Å². The van der Waals surface area contributed by atoms with Crippen LogP contribution in [0.3, 0.4) is 0 Å². The summed E-state index contributed by atoms with van der Waals surface area (Å²) in [5.74, 6) is 0.675. The van der Waals surface area contributed by atoms with Gasteiger partial charge in [-0.05, 0) is 43.2 Å². The van der Waals surface area contributed by atoms with Gasteiger partial charge >= 0.3 is 6.18 Å². The lowest BCUT2D eigenvalue weighted by atomic mass is 10.1. The van der Waals surface area contributed by atoms with Crippen LogP contribution in [0.1, 0.15) is 32.9 Å². The Bertz CT molecular complexity index is 1380. The predicted octanol–water partition coefficient (Wildman–Crippen LogP) is 5.88. The molecular formula is C27H26F3N3O2. The van der Waals surface area contributed by atoms with Crippen molar-refractivity contribution < 1.29 is 22.4 Å². The first-order valence-corrected chi connectivity index (χ1v) is 11.6. The summed E-state index contributed by atoms with van der Waals surface area (Å²) in [6.07, 6.45) is -4.38. The Morgan fingerprint density at radius 2 is 1.69 bits per heavy atom. The van der Waals surface area contributed by atoms with Gasteiger partial charge in [0.25, 0.3) is 5.91 Å². The molecule has 0 saturated carbocycles. The molecule has 5 nitrogen and oxygen atoms in total. The number of amides is 1. The van der Waals surface area contributed by atoms with Gasteiger partial charge < -0.3 is 18.8 Å². The van der Waals surface area contributed by atoms with E-state index in [0.29, 0.717) is 49.7 Å². The molecule has 0 unspecified atom stereocenters. The molecule has 0 atom stereocenters. The smallest absolute Gasteiger partial charge is 0.416 e. The number of carbonyl (C=O) groups is 1. The van der Waals surface area contributed by atoms with E-state index in [1.165, 1.54) is 12.1 Å². The van der Waals surface area contributed by atoms with Crippen molar-refractivity contribution in [2.24, 2.45) is 0 Å². The predicted molar refractivity (Wildman–Crippen MR) is 129 cm³/mol. The summed E-state index contributed by atoms with van der Waals surface area (Å²) >= 11 is 0.